The fourth-order valence-electron chi connectivity index (χ4n) is 3.47. The van der Waals surface area contributed by atoms with E-state index in [-0.39, 0.29) is 68.5 Å². The Balaban J connectivity index is 1.58. The van der Waals surface area contributed by atoms with E-state index < -0.39 is 19.1 Å². The predicted octanol–water partition coefficient (Wildman–Crippen LogP) is 0.687. The number of carbonyl (C=O) groups excluding carboxylic acids is 1. The molecule has 3 rings (SSSR count). The summed E-state index contributed by atoms with van der Waals surface area (Å²) in [7, 11) is -1.05. The van der Waals surface area contributed by atoms with Crippen molar-refractivity contribution in [1.82, 2.24) is 9.91 Å². The van der Waals surface area contributed by atoms with Crippen molar-refractivity contribution in [1.29, 1.82) is 0 Å². The van der Waals surface area contributed by atoms with Gasteiger partial charge in [0.25, 0.3) is 0 Å². The maximum Gasteiger partial charge on any atom is 0.454 e. The summed E-state index contributed by atoms with van der Waals surface area (Å²) < 4.78 is 11.1. The first-order valence-corrected chi connectivity index (χ1v) is 10.7. The lowest BCUT2D eigenvalue weighted by Gasteiger charge is -2.39. The summed E-state index contributed by atoms with van der Waals surface area (Å²) in [6.45, 7) is 2.11. The molecule has 178 valence electrons. The Morgan fingerprint density at radius 3 is 2.76 bits per heavy atom. The van der Waals surface area contributed by atoms with E-state index in [4.69, 9.17) is 14.5 Å². The monoisotopic (exact) mass is 462 g/mol. The molecule has 1 atom stereocenters. The summed E-state index contributed by atoms with van der Waals surface area (Å²) in [5, 5.41) is 37.0. The topological polar surface area (TPSA) is 162 Å². The van der Waals surface area contributed by atoms with Crippen LogP contribution in [-0.2, 0) is 23.8 Å². The highest BCUT2D eigenvalue weighted by Gasteiger charge is 2.34. The van der Waals surface area contributed by atoms with Crippen molar-refractivity contribution in [3.8, 4) is 0 Å². The lowest BCUT2D eigenvalue weighted by molar-refractivity contribution is -0.142. The molecular formula is C20H27BN4O8. The molecule has 0 spiro atoms. The van der Waals surface area contributed by atoms with Gasteiger partial charge in [0.15, 0.2) is 0 Å². The molecule has 3 heterocycles. The summed E-state index contributed by atoms with van der Waals surface area (Å²) in [6.07, 6.45) is 5.75. The van der Waals surface area contributed by atoms with Crippen LogP contribution in [0.4, 0.5) is 0 Å². The number of carboxylic acid groups (broad SMARTS) is 2. The van der Waals surface area contributed by atoms with E-state index in [1.807, 2.05) is 13.0 Å². The molecule has 0 aromatic rings. The zero-order valence-electron chi connectivity index (χ0n) is 18.3. The Bertz CT molecular complexity index is 896. The number of allylic oxidation sites excluding steroid dienone is 2. The molecule has 1 amide bonds. The molecule has 0 bridgehead atoms. The van der Waals surface area contributed by atoms with Gasteiger partial charge in [-0.15, -0.1) is 0 Å². The predicted molar refractivity (Wildman–Crippen MR) is 115 cm³/mol. The highest BCUT2D eigenvalue weighted by atomic mass is 16.5. The zero-order chi connectivity index (χ0) is 24.0. The molecule has 3 aliphatic rings. The second kappa shape index (κ2) is 11.1. The number of hydrogen-bond acceptors (Lipinski definition) is 9. The lowest BCUT2D eigenvalue weighted by Crippen LogP contribution is -2.54. The van der Waals surface area contributed by atoms with Crippen LogP contribution in [0.3, 0.4) is 0 Å². The van der Waals surface area contributed by atoms with Gasteiger partial charge in [-0.2, -0.15) is 5.11 Å². The van der Waals surface area contributed by atoms with Crippen LogP contribution >= 0.6 is 0 Å². The normalized spacial score (nSPS) is 25.2. The van der Waals surface area contributed by atoms with E-state index in [9.17, 15) is 24.5 Å². The molecule has 1 fully saturated rings. The van der Waals surface area contributed by atoms with Crippen molar-refractivity contribution in [3.63, 3.8) is 0 Å². The third kappa shape index (κ3) is 7.15. The first-order valence-electron chi connectivity index (χ1n) is 10.7. The minimum Gasteiger partial charge on any atom is -0.486 e. The van der Waals surface area contributed by atoms with E-state index in [2.05, 4.69) is 10.3 Å². The smallest absolute Gasteiger partial charge is 0.454 e. The Kier molecular flexibility index (Phi) is 8.23. The van der Waals surface area contributed by atoms with Gasteiger partial charge in [0.05, 0.1) is 32.7 Å². The average Bonchev–Trinajstić information content (AvgIpc) is 2.71. The van der Waals surface area contributed by atoms with Crippen LogP contribution in [0.25, 0.3) is 0 Å². The number of carbonyl (C=O) groups is 3. The number of nitrogens with zero attached hydrogens (tertiary/aromatic N) is 4. The molecular weight excluding hydrogens is 435 g/mol. The van der Waals surface area contributed by atoms with Gasteiger partial charge in [-0.05, 0) is 30.3 Å². The summed E-state index contributed by atoms with van der Waals surface area (Å²) in [6, 6.07) is 0. The number of amides is 1. The Hall–Kier alpha value is -3.19. The average molecular weight is 462 g/mol. The van der Waals surface area contributed by atoms with Gasteiger partial charge in [0.1, 0.15) is 24.0 Å². The van der Waals surface area contributed by atoms with Gasteiger partial charge in [0.2, 0.25) is 5.91 Å². The Morgan fingerprint density at radius 2 is 2.06 bits per heavy atom. The van der Waals surface area contributed by atoms with E-state index in [1.54, 1.807) is 11.0 Å². The van der Waals surface area contributed by atoms with Crippen molar-refractivity contribution in [3.05, 3.63) is 35.3 Å². The van der Waals surface area contributed by atoms with Crippen LogP contribution in [0.2, 0.25) is 6.32 Å². The first-order chi connectivity index (χ1) is 15.7. The Morgan fingerprint density at radius 1 is 1.30 bits per heavy atom. The largest absolute Gasteiger partial charge is 0.486 e. The van der Waals surface area contributed by atoms with Gasteiger partial charge in [-0.25, -0.2) is 9.80 Å². The number of rotatable bonds is 7. The first kappa shape index (κ1) is 24.5. The molecule has 33 heavy (non-hydrogen) atoms. The van der Waals surface area contributed by atoms with E-state index in [0.717, 1.165) is 0 Å². The van der Waals surface area contributed by atoms with E-state index >= 15 is 0 Å². The minimum absolute atomic E-state index is 0.0775. The zero-order valence-corrected chi connectivity index (χ0v) is 18.3. The quantitative estimate of drug-likeness (QED) is 0.462. The fourth-order valence-corrected chi connectivity index (χ4v) is 3.47. The van der Waals surface area contributed by atoms with Crippen LogP contribution in [0.15, 0.2) is 45.6 Å². The highest BCUT2D eigenvalue weighted by Crippen LogP contribution is 2.23. The summed E-state index contributed by atoms with van der Waals surface area (Å²) in [5.41, 5.74) is 0.553. The maximum atomic E-state index is 12.6. The lowest BCUT2D eigenvalue weighted by atomic mass is 9.80. The number of aliphatic carboxylic acids is 2. The SMILES string of the molecule is CC1/C=C\C(OC2CN(C(=O)CC3=CN(CC(=O)O)N=NC3)C2)=C(\C(=O)O)COB(O)CC1. The molecule has 1 unspecified atom stereocenters. The van der Waals surface area contributed by atoms with Gasteiger partial charge in [0, 0.05) is 6.20 Å². The third-order valence-corrected chi connectivity index (χ3v) is 5.37. The summed E-state index contributed by atoms with van der Waals surface area (Å²) >= 11 is 0. The summed E-state index contributed by atoms with van der Waals surface area (Å²) in [4.78, 5) is 36.7. The molecule has 3 aliphatic heterocycles. The van der Waals surface area contributed by atoms with E-state index in [1.165, 1.54) is 11.2 Å². The molecule has 1 saturated heterocycles. The van der Waals surface area contributed by atoms with Crippen molar-refractivity contribution < 1.29 is 39.0 Å². The van der Waals surface area contributed by atoms with Crippen LogP contribution in [-0.4, -0.2) is 89.0 Å². The summed E-state index contributed by atoms with van der Waals surface area (Å²) in [5.74, 6) is -2.18. The van der Waals surface area contributed by atoms with E-state index in [0.29, 0.717) is 18.3 Å². The Labute approximate surface area is 191 Å². The van der Waals surface area contributed by atoms with Crippen LogP contribution in [0, 0.1) is 5.92 Å². The van der Waals surface area contributed by atoms with Gasteiger partial charge in [-0.3, -0.25) is 9.59 Å². The van der Waals surface area contributed by atoms with Crippen LogP contribution < -0.4 is 0 Å². The second-order valence-electron chi connectivity index (χ2n) is 8.21. The number of carboxylic acids is 2. The van der Waals surface area contributed by atoms with Crippen LogP contribution in [0.1, 0.15) is 19.8 Å². The van der Waals surface area contributed by atoms with Crippen molar-refractivity contribution in [2.24, 2.45) is 16.3 Å². The molecule has 0 saturated carbocycles. The fraction of sp³-hybridized carbons (Fsp3) is 0.550. The van der Waals surface area contributed by atoms with Gasteiger partial charge >= 0.3 is 19.1 Å². The molecule has 13 heteroatoms. The minimum atomic E-state index is -1.20. The van der Waals surface area contributed by atoms with Gasteiger partial charge < -0.3 is 29.5 Å². The number of likely N-dealkylation sites (tertiary alicyclic amines) is 1. The van der Waals surface area contributed by atoms with Gasteiger partial charge in [-0.1, -0.05) is 18.2 Å². The van der Waals surface area contributed by atoms with Crippen molar-refractivity contribution >= 4 is 25.0 Å². The standard InChI is InChI=1S/C20H27BN4O8/c1-13-2-3-17(16(20(29)30)12-32-21(31)5-4-13)33-15-9-24(10-15)18(26)6-14-7-22-23-25(8-14)11-19(27)28/h2-3,8,13,15,31H,4-7,9-12H2,1H3,(H,27,28)(H,29,30)/b3-2-,17-16-. The molecule has 12 nitrogen and oxygen atoms in total. The van der Waals surface area contributed by atoms with Crippen molar-refractivity contribution in [2.75, 3.05) is 32.8 Å². The third-order valence-electron chi connectivity index (χ3n) is 5.37. The van der Waals surface area contributed by atoms with Crippen molar-refractivity contribution in [2.45, 2.75) is 32.2 Å². The van der Waals surface area contributed by atoms with Crippen LogP contribution in [0.5, 0.6) is 0 Å². The number of hydrogen-bond donors (Lipinski definition) is 3. The molecule has 0 aliphatic carbocycles. The molecule has 0 radical (unpaired) electrons. The highest BCUT2D eigenvalue weighted by molar-refractivity contribution is 6.42. The second-order valence-corrected chi connectivity index (χ2v) is 8.21. The number of ether oxygens (including phenoxy) is 1. The molecule has 0 aromatic heterocycles. The maximum absolute atomic E-state index is 12.6. The molecule has 0 aromatic carbocycles. The molecule has 3 N–H and O–H groups in total.